The highest BCUT2D eigenvalue weighted by molar-refractivity contribution is 5.93. The molecule has 0 saturated carbocycles. The number of hydrogen-bond donors (Lipinski definition) is 3. The summed E-state index contributed by atoms with van der Waals surface area (Å²) in [5, 5.41) is 19.0. The standard InChI is InChI=1S/C16H21N3O3/c1-11-13(9-20)22-19-14(11)15(21)17-10-16(2,3)18-12-7-5-4-6-8-12/h4-8,18,20H,9-10H2,1-3H3,(H,17,21). The molecule has 0 radical (unpaired) electrons. The molecule has 0 atom stereocenters. The third kappa shape index (κ3) is 3.85. The highest BCUT2D eigenvalue weighted by atomic mass is 16.5. The Bertz CT molecular complexity index is 635. The Morgan fingerprint density at radius 3 is 2.59 bits per heavy atom. The summed E-state index contributed by atoms with van der Waals surface area (Å²) in [6, 6.07) is 9.79. The van der Waals surface area contributed by atoms with Crippen LogP contribution in [0.3, 0.4) is 0 Å². The summed E-state index contributed by atoms with van der Waals surface area (Å²) >= 11 is 0. The minimum atomic E-state index is -0.325. The van der Waals surface area contributed by atoms with E-state index in [9.17, 15) is 4.79 Å². The molecule has 0 saturated heterocycles. The Hall–Kier alpha value is -2.34. The van der Waals surface area contributed by atoms with Gasteiger partial charge in [0.15, 0.2) is 11.5 Å². The Kier molecular flexibility index (Phi) is 4.82. The van der Waals surface area contributed by atoms with Crippen LogP contribution in [0.1, 0.15) is 35.7 Å². The van der Waals surface area contributed by atoms with E-state index in [-0.39, 0.29) is 23.7 Å². The maximum Gasteiger partial charge on any atom is 0.273 e. The number of amides is 1. The Morgan fingerprint density at radius 1 is 1.32 bits per heavy atom. The predicted octanol–water partition coefficient (Wildman–Crippen LogP) is 2.10. The molecule has 0 unspecified atom stereocenters. The molecular formula is C16H21N3O3. The van der Waals surface area contributed by atoms with Crippen LogP contribution in [0, 0.1) is 6.92 Å². The molecule has 0 spiro atoms. The summed E-state index contributed by atoms with van der Waals surface area (Å²) in [4.78, 5) is 12.2. The second-order valence-corrected chi connectivity index (χ2v) is 5.80. The summed E-state index contributed by atoms with van der Waals surface area (Å²) < 4.78 is 4.92. The van der Waals surface area contributed by atoms with E-state index in [2.05, 4.69) is 15.8 Å². The molecule has 118 valence electrons. The minimum Gasteiger partial charge on any atom is -0.388 e. The first kappa shape index (κ1) is 16.0. The van der Waals surface area contributed by atoms with Crippen LogP contribution in [0.5, 0.6) is 0 Å². The molecule has 0 aliphatic rings. The van der Waals surface area contributed by atoms with Gasteiger partial charge in [-0.2, -0.15) is 0 Å². The van der Waals surface area contributed by atoms with E-state index in [0.29, 0.717) is 17.9 Å². The monoisotopic (exact) mass is 303 g/mol. The summed E-state index contributed by atoms with van der Waals surface area (Å²) in [5.74, 6) is -0.00397. The topological polar surface area (TPSA) is 87.4 Å². The van der Waals surface area contributed by atoms with E-state index in [1.807, 2.05) is 44.2 Å². The van der Waals surface area contributed by atoms with Crippen molar-refractivity contribution in [2.75, 3.05) is 11.9 Å². The van der Waals surface area contributed by atoms with Crippen LogP contribution in [0.15, 0.2) is 34.9 Å². The number of aliphatic hydroxyl groups excluding tert-OH is 1. The summed E-state index contributed by atoms with van der Waals surface area (Å²) in [5.41, 5.74) is 1.43. The number of anilines is 1. The minimum absolute atomic E-state index is 0.208. The average molecular weight is 303 g/mol. The summed E-state index contributed by atoms with van der Waals surface area (Å²) in [6.07, 6.45) is 0. The predicted molar refractivity (Wildman–Crippen MR) is 83.6 cm³/mol. The maximum absolute atomic E-state index is 12.2. The number of nitrogens with zero attached hydrogens (tertiary/aromatic N) is 1. The molecule has 2 aromatic rings. The van der Waals surface area contributed by atoms with Gasteiger partial charge in [-0.25, -0.2) is 0 Å². The van der Waals surface area contributed by atoms with E-state index >= 15 is 0 Å². The van der Waals surface area contributed by atoms with Gasteiger partial charge in [0.05, 0.1) is 0 Å². The van der Waals surface area contributed by atoms with Crippen molar-refractivity contribution in [3.05, 3.63) is 47.3 Å². The number of carbonyl (C=O) groups is 1. The Labute approximate surface area is 129 Å². The fourth-order valence-corrected chi connectivity index (χ4v) is 2.07. The number of aromatic nitrogens is 1. The molecule has 3 N–H and O–H groups in total. The fraction of sp³-hybridized carbons (Fsp3) is 0.375. The van der Waals surface area contributed by atoms with Crippen LogP contribution < -0.4 is 10.6 Å². The largest absolute Gasteiger partial charge is 0.388 e. The van der Waals surface area contributed by atoms with Gasteiger partial charge in [0.2, 0.25) is 0 Å². The SMILES string of the molecule is Cc1c(C(=O)NCC(C)(C)Nc2ccccc2)noc1CO. The van der Waals surface area contributed by atoms with Gasteiger partial charge in [-0.1, -0.05) is 23.4 Å². The van der Waals surface area contributed by atoms with E-state index in [0.717, 1.165) is 5.69 Å². The van der Waals surface area contributed by atoms with Gasteiger partial charge in [0.25, 0.3) is 5.91 Å². The molecule has 0 aliphatic carbocycles. The van der Waals surface area contributed by atoms with Crippen LogP contribution in [0.2, 0.25) is 0 Å². The van der Waals surface area contributed by atoms with Gasteiger partial charge in [-0.05, 0) is 32.9 Å². The number of aliphatic hydroxyl groups is 1. The lowest BCUT2D eigenvalue weighted by molar-refractivity contribution is 0.0937. The average Bonchev–Trinajstić information content (AvgIpc) is 2.86. The molecule has 0 fully saturated rings. The normalized spacial score (nSPS) is 11.3. The zero-order chi connectivity index (χ0) is 16.2. The molecule has 6 heteroatoms. The number of nitrogens with one attached hydrogen (secondary N) is 2. The first-order chi connectivity index (χ1) is 10.4. The molecule has 0 bridgehead atoms. The van der Waals surface area contributed by atoms with Gasteiger partial charge in [-0.15, -0.1) is 0 Å². The smallest absolute Gasteiger partial charge is 0.273 e. The zero-order valence-electron chi connectivity index (χ0n) is 13.0. The lowest BCUT2D eigenvalue weighted by atomic mass is 10.0. The van der Waals surface area contributed by atoms with E-state index in [4.69, 9.17) is 9.63 Å². The third-order valence-electron chi connectivity index (χ3n) is 3.33. The second-order valence-electron chi connectivity index (χ2n) is 5.80. The van der Waals surface area contributed by atoms with Crippen LogP contribution in [-0.2, 0) is 6.61 Å². The number of benzene rings is 1. The molecule has 6 nitrogen and oxygen atoms in total. The summed E-state index contributed by atoms with van der Waals surface area (Å²) in [6.45, 7) is 5.84. The maximum atomic E-state index is 12.2. The number of hydrogen-bond acceptors (Lipinski definition) is 5. The lowest BCUT2D eigenvalue weighted by Crippen LogP contribution is -2.44. The van der Waals surface area contributed by atoms with Crippen molar-refractivity contribution in [1.29, 1.82) is 0 Å². The first-order valence-electron chi connectivity index (χ1n) is 7.10. The Balaban J connectivity index is 1.96. The van der Waals surface area contributed by atoms with E-state index < -0.39 is 0 Å². The van der Waals surface area contributed by atoms with Crippen molar-refractivity contribution >= 4 is 11.6 Å². The fourth-order valence-electron chi connectivity index (χ4n) is 2.07. The number of rotatable bonds is 6. The van der Waals surface area contributed by atoms with Crippen LogP contribution in [0.25, 0.3) is 0 Å². The van der Waals surface area contributed by atoms with Crippen LogP contribution in [-0.4, -0.2) is 28.3 Å². The second kappa shape index (κ2) is 6.62. The van der Waals surface area contributed by atoms with Crippen LogP contribution in [0.4, 0.5) is 5.69 Å². The Morgan fingerprint density at radius 2 is 2.00 bits per heavy atom. The highest BCUT2D eigenvalue weighted by Crippen LogP contribution is 2.15. The zero-order valence-corrected chi connectivity index (χ0v) is 13.0. The molecule has 1 aromatic carbocycles. The van der Waals surface area contributed by atoms with Crippen molar-refractivity contribution < 1.29 is 14.4 Å². The molecular weight excluding hydrogens is 282 g/mol. The number of carbonyl (C=O) groups excluding carboxylic acids is 1. The summed E-state index contributed by atoms with van der Waals surface area (Å²) in [7, 11) is 0. The van der Waals surface area contributed by atoms with Crippen molar-refractivity contribution in [1.82, 2.24) is 10.5 Å². The molecule has 1 heterocycles. The first-order valence-corrected chi connectivity index (χ1v) is 7.10. The molecule has 2 rings (SSSR count). The number of para-hydroxylation sites is 1. The van der Waals surface area contributed by atoms with Crippen LogP contribution >= 0.6 is 0 Å². The highest BCUT2D eigenvalue weighted by Gasteiger charge is 2.22. The van der Waals surface area contributed by atoms with Gasteiger partial charge < -0.3 is 20.3 Å². The van der Waals surface area contributed by atoms with Gasteiger partial charge in [0, 0.05) is 23.3 Å². The lowest BCUT2D eigenvalue weighted by Gasteiger charge is -2.27. The van der Waals surface area contributed by atoms with E-state index in [1.165, 1.54) is 0 Å². The van der Waals surface area contributed by atoms with Crippen molar-refractivity contribution in [3.8, 4) is 0 Å². The molecule has 1 amide bonds. The van der Waals surface area contributed by atoms with Crippen molar-refractivity contribution in [3.63, 3.8) is 0 Å². The van der Waals surface area contributed by atoms with Gasteiger partial charge in [0.1, 0.15) is 6.61 Å². The van der Waals surface area contributed by atoms with Crippen molar-refractivity contribution in [2.45, 2.75) is 32.9 Å². The third-order valence-corrected chi connectivity index (χ3v) is 3.33. The van der Waals surface area contributed by atoms with Gasteiger partial charge >= 0.3 is 0 Å². The van der Waals surface area contributed by atoms with E-state index in [1.54, 1.807) is 6.92 Å². The van der Waals surface area contributed by atoms with Crippen molar-refractivity contribution in [2.24, 2.45) is 0 Å². The molecule has 22 heavy (non-hydrogen) atoms. The molecule has 0 aliphatic heterocycles. The molecule has 1 aromatic heterocycles. The quantitative estimate of drug-likeness (QED) is 0.760. The van der Waals surface area contributed by atoms with Gasteiger partial charge in [-0.3, -0.25) is 4.79 Å².